The Hall–Kier alpha value is -1.24. The Morgan fingerprint density at radius 3 is 2.72 bits per heavy atom. The summed E-state index contributed by atoms with van der Waals surface area (Å²) in [5, 5.41) is 0.775. The minimum Gasteiger partial charge on any atom is -0.309 e. The van der Waals surface area contributed by atoms with Gasteiger partial charge in [0.15, 0.2) is 0 Å². The summed E-state index contributed by atoms with van der Waals surface area (Å²) >= 11 is 1.64. The van der Waals surface area contributed by atoms with Crippen molar-refractivity contribution in [1.82, 2.24) is 19.8 Å². The zero-order valence-electron chi connectivity index (χ0n) is 15.5. The van der Waals surface area contributed by atoms with Gasteiger partial charge in [0.05, 0.1) is 11.9 Å². The molecule has 0 atom stereocenters. The number of thiophene rings is 1. The molecular weight excluding hydrogens is 332 g/mol. The Morgan fingerprint density at radius 2 is 1.96 bits per heavy atom. The lowest BCUT2D eigenvalue weighted by Gasteiger charge is -2.52. The van der Waals surface area contributed by atoms with Crippen molar-refractivity contribution in [1.29, 1.82) is 0 Å². The number of fused-ring (bicyclic) bond motifs is 1. The number of piperazine rings is 1. The lowest BCUT2D eigenvalue weighted by atomic mass is 9.78. The van der Waals surface area contributed by atoms with Gasteiger partial charge in [0, 0.05) is 30.1 Å². The molecule has 1 spiro atoms. The van der Waals surface area contributed by atoms with Crippen LogP contribution in [0.1, 0.15) is 48.4 Å². The highest BCUT2D eigenvalue weighted by atomic mass is 32.1. The van der Waals surface area contributed by atoms with Gasteiger partial charge in [-0.3, -0.25) is 9.69 Å². The molecule has 1 saturated carbocycles. The monoisotopic (exact) mass is 360 g/mol. The molecule has 0 amide bonds. The summed E-state index contributed by atoms with van der Waals surface area (Å²) in [6, 6.07) is 0. The van der Waals surface area contributed by atoms with E-state index >= 15 is 0 Å². The summed E-state index contributed by atoms with van der Waals surface area (Å²) in [6.07, 6.45) is 6.52. The van der Waals surface area contributed by atoms with E-state index in [4.69, 9.17) is 4.98 Å². The number of hydrogen-bond acceptors (Lipinski definition) is 5. The number of rotatable bonds is 2. The molecule has 25 heavy (non-hydrogen) atoms. The maximum Gasteiger partial charge on any atom is 0.259 e. The van der Waals surface area contributed by atoms with E-state index in [-0.39, 0.29) is 11.1 Å². The summed E-state index contributed by atoms with van der Waals surface area (Å²) in [4.78, 5) is 27.6. The Morgan fingerprint density at radius 1 is 1.20 bits per heavy atom. The molecule has 0 unspecified atom stereocenters. The number of likely N-dealkylation sites (N-methyl/N-ethyl adjacent to an activating group) is 1. The highest BCUT2D eigenvalue weighted by Crippen LogP contribution is 2.37. The molecule has 2 aromatic heterocycles. The third-order valence-corrected chi connectivity index (χ3v) is 7.30. The van der Waals surface area contributed by atoms with Crippen LogP contribution >= 0.6 is 11.3 Å². The molecule has 0 aromatic carbocycles. The van der Waals surface area contributed by atoms with Crippen LogP contribution in [0.15, 0.2) is 4.79 Å². The van der Waals surface area contributed by atoms with E-state index in [0.717, 1.165) is 47.8 Å². The van der Waals surface area contributed by atoms with E-state index in [1.165, 1.54) is 37.0 Å². The van der Waals surface area contributed by atoms with Crippen LogP contribution in [0.25, 0.3) is 10.2 Å². The molecule has 1 aliphatic heterocycles. The van der Waals surface area contributed by atoms with Gasteiger partial charge in [0.2, 0.25) is 0 Å². The van der Waals surface area contributed by atoms with Gasteiger partial charge in [-0.2, -0.15) is 0 Å². The molecule has 1 saturated heterocycles. The molecule has 0 bridgehead atoms. The van der Waals surface area contributed by atoms with E-state index < -0.39 is 0 Å². The van der Waals surface area contributed by atoms with Crippen LogP contribution in [-0.4, -0.2) is 52.0 Å². The number of nitrogens with one attached hydrogen (secondary N) is 1. The lowest BCUT2D eigenvalue weighted by molar-refractivity contribution is -0.0253. The highest BCUT2D eigenvalue weighted by molar-refractivity contribution is 7.18. The topological polar surface area (TPSA) is 52.2 Å². The molecule has 0 radical (unpaired) electrons. The second kappa shape index (κ2) is 6.49. The van der Waals surface area contributed by atoms with Gasteiger partial charge in [-0.25, -0.2) is 4.98 Å². The lowest BCUT2D eigenvalue weighted by Crippen LogP contribution is -2.61. The predicted octanol–water partition coefficient (Wildman–Crippen LogP) is 3.05. The van der Waals surface area contributed by atoms with Crippen molar-refractivity contribution >= 4 is 21.6 Å². The fourth-order valence-electron chi connectivity index (χ4n) is 4.70. The number of aromatic amines is 1. The zero-order valence-corrected chi connectivity index (χ0v) is 16.3. The number of aromatic nitrogens is 2. The maximum atomic E-state index is 12.6. The van der Waals surface area contributed by atoms with E-state index in [9.17, 15) is 4.79 Å². The van der Waals surface area contributed by atoms with Crippen molar-refractivity contribution in [2.24, 2.45) is 0 Å². The summed E-state index contributed by atoms with van der Waals surface area (Å²) in [6.45, 7) is 8.12. The van der Waals surface area contributed by atoms with Gasteiger partial charge in [-0.1, -0.05) is 19.3 Å². The first-order valence-electron chi connectivity index (χ1n) is 9.41. The van der Waals surface area contributed by atoms with Gasteiger partial charge >= 0.3 is 0 Å². The summed E-state index contributed by atoms with van der Waals surface area (Å²) in [5.74, 6) is 0.827. The fraction of sp³-hybridized carbons (Fsp3) is 0.684. The fourth-order valence-corrected chi connectivity index (χ4v) is 5.74. The number of aryl methyl sites for hydroxylation is 2. The second-order valence-electron chi connectivity index (χ2n) is 7.92. The Bertz CT molecular complexity index is 834. The Kier molecular flexibility index (Phi) is 4.46. The van der Waals surface area contributed by atoms with Crippen molar-refractivity contribution < 1.29 is 0 Å². The summed E-state index contributed by atoms with van der Waals surface area (Å²) < 4.78 is 0. The van der Waals surface area contributed by atoms with Crippen molar-refractivity contribution in [3.8, 4) is 0 Å². The second-order valence-corrected chi connectivity index (χ2v) is 9.12. The van der Waals surface area contributed by atoms with Crippen LogP contribution in [0.4, 0.5) is 0 Å². The van der Waals surface area contributed by atoms with Crippen molar-refractivity contribution in [2.75, 3.05) is 26.7 Å². The molecule has 1 N–H and O–H groups in total. The van der Waals surface area contributed by atoms with E-state index in [1.807, 2.05) is 6.92 Å². The molecular formula is C19H28N4OS. The number of hydrogen-bond donors (Lipinski definition) is 1. The highest BCUT2D eigenvalue weighted by Gasteiger charge is 2.41. The molecule has 2 aromatic rings. The van der Waals surface area contributed by atoms with Crippen LogP contribution in [0, 0.1) is 13.8 Å². The van der Waals surface area contributed by atoms with Gasteiger partial charge < -0.3 is 9.88 Å². The van der Waals surface area contributed by atoms with Crippen molar-refractivity contribution in [3.05, 3.63) is 26.6 Å². The van der Waals surface area contributed by atoms with E-state index in [2.05, 4.69) is 28.8 Å². The van der Waals surface area contributed by atoms with Gasteiger partial charge in [0.1, 0.15) is 10.7 Å². The van der Waals surface area contributed by atoms with E-state index in [0.29, 0.717) is 0 Å². The molecule has 2 fully saturated rings. The van der Waals surface area contributed by atoms with Crippen LogP contribution in [0.5, 0.6) is 0 Å². The summed E-state index contributed by atoms with van der Waals surface area (Å²) in [5.41, 5.74) is 1.36. The van der Waals surface area contributed by atoms with Crippen LogP contribution in [-0.2, 0) is 6.54 Å². The Labute approximate surface area is 153 Å². The molecule has 4 rings (SSSR count). The minimum absolute atomic E-state index is 0.0219. The number of nitrogens with zero attached hydrogens (tertiary/aromatic N) is 3. The standard InChI is InChI=1S/C19H28N4OS/c1-13-14(2)25-18-16(13)17(24)20-15(21-18)11-23-10-9-22(3)12-19(23)7-5-4-6-8-19/h4-12H2,1-3H3,(H,20,21,24). The van der Waals surface area contributed by atoms with Crippen LogP contribution in [0.3, 0.4) is 0 Å². The molecule has 136 valence electrons. The molecule has 5 nitrogen and oxygen atoms in total. The van der Waals surface area contributed by atoms with Crippen molar-refractivity contribution in [3.63, 3.8) is 0 Å². The molecule has 3 heterocycles. The average molecular weight is 361 g/mol. The average Bonchev–Trinajstić information content (AvgIpc) is 2.86. The first-order chi connectivity index (χ1) is 12.0. The predicted molar refractivity (Wildman–Crippen MR) is 103 cm³/mol. The maximum absolute atomic E-state index is 12.6. The van der Waals surface area contributed by atoms with Crippen LogP contribution < -0.4 is 5.56 Å². The van der Waals surface area contributed by atoms with Gasteiger partial charge in [0.25, 0.3) is 5.56 Å². The zero-order chi connectivity index (χ0) is 17.6. The SMILES string of the molecule is Cc1sc2nc(CN3CCN(C)CC34CCCCC4)[nH]c(=O)c2c1C. The first kappa shape index (κ1) is 17.2. The molecule has 6 heteroatoms. The Balaban J connectivity index is 1.66. The third kappa shape index (κ3) is 3.04. The van der Waals surface area contributed by atoms with E-state index in [1.54, 1.807) is 11.3 Å². The quantitative estimate of drug-likeness (QED) is 0.894. The largest absolute Gasteiger partial charge is 0.309 e. The van der Waals surface area contributed by atoms with Gasteiger partial charge in [-0.05, 0) is 39.3 Å². The minimum atomic E-state index is 0.0219. The summed E-state index contributed by atoms with van der Waals surface area (Å²) in [7, 11) is 2.23. The van der Waals surface area contributed by atoms with Crippen molar-refractivity contribution in [2.45, 2.75) is 58.0 Å². The normalized spacial score (nSPS) is 22.0. The smallest absolute Gasteiger partial charge is 0.259 e. The number of H-pyrrole nitrogens is 1. The van der Waals surface area contributed by atoms with Crippen LogP contribution in [0.2, 0.25) is 0 Å². The van der Waals surface area contributed by atoms with Gasteiger partial charge in [-0.15, -0.1) is 11.3 Å². The molecule has 2 aliphatic rings. The third-order valence-electron chi connectivity index (χ3n) is 6.20. The first-order valence-corrected chi connectivity index (χ1v) is 10.2. The molecule has 1 aliphatic carbocycles.